The van der Waals surface area contributed by atoms with Crippen LogP contribution in [0.1, 0.15) is 46.6 Å². The monoisotopic (exact) mass is 383 g/mol. The molecule has 0 saturated carbocycles. The van der Waals surface area contributed by atoms with Gasteiger partial charge in [0.25, 0.3) is 11.8 Å². The molecule has 2 heterocycles. The predicted molar refractivity (Wildman–Crippen MR) is 104 cm³/mol. The van der Waals surface area contributed by atoms with Gasteiger partial charge in [-0.25, -0.2) is 0 Å². The Labute approximate surface area is 164 Å². The van der Waals surface area contributed by atoms with Crippen molar-refractivity contribution in [3.8, 4) is 0 Å². The molecule has 1 saturated heterocycles. The summed E-state index contributed by atoms with van der Waals surface area (Å²) in [4.78, 5) is 38.1. The number of amides is 3. The zero-order chi connectivity index (χ0) is 19.8. The lowest BCUT2D eigenvalue weighted by Crippen LogP contribution is -2.46. The summed E-state index contributed by atoms with van der Waals surface area (Å²) in [6.07, 6.45) is 3.92. The molecule has 7 nitrogen and oxygen atoms in total. The Morgan fingerprint density at radius 2 is 1.75 bits per heavy atom. The molecule has 0 bridgehead atoms. The van der Waals surface area contributed by atoms with Crippen LogP contribution in [-0.4, -0.2) is 48.3 Å². The first-order chi connectivity index (χ1) is 13.6. The van der Waals surface area contributed by atoms with E-state index < -0.39 is 0 Å². The Morgan fingerprint density at radius 1 is 1.00 bits per heavy atom. The fraction of sp³-hybridized carbons (Fsp3) is 0.381. The van der Waals surface area contributed by atoms with Crippen LogP contribution in [0.15, 0.2) is 53.1 Å². The fourth-order valence-corrected chi connectivity index (χ4v) is 3.23. The summed E-state index contributed by atoms with van der Waals surface area (Å²) < 4.78 is 5.02. The van der Waals surface area contributed by atoms with Gasteiger partial charge in [-0.1, -0.05) is 18.2 Å². The molecule has 1 aromatic heterocycles. The van der Waals surface area contributed by atoms with E-state index in [9.17, 15) is 14.4 Å². The highest BCUT2D eigenvalue weighted by Crippen LogP contribution is 2.13. The number of rotatable bonds is 7. The summed E-state index contributed by atoms with van der Waals surface area (Å²) >= 11 is 0. The third-order valence-electron chi connectivity index (χ3n) is 4.82. The first kappa shape index (κ1) is 19.7. The van der Waals surface area contributed by atoms with E-state index in [4.69, 9.17) is 4.42 Å². The third kappa shape index (κ3) is 5.45. The molecule has 1 aliphatic rings. The van der Waals surface area contributed by atoms with Crippen molar-refractivity contribution in [1.82, 2.24) is 15.5 Å². The molecule has 2 N–H and O–H groups in total. The van der Waals surface area contributed by atoms with Crippen molar-refractivity contribution >= 4 is 17.7 Å². The highest BCUT2D eigenvalue weighted by molar-refractivity contribution is 5.94. The number of piperidine rings is 1. The van der Waals surface area contributed by atoms with E-state index in [1.54, 1.807) is 24.3 Å². The largest absolute Gasteiger partial charge is 0.459 e. The van der Waals surface area contributed by atoms with Crippen molar-refractivity contribution < 1.29 is 18.8 Å². The number of benzene rings is 1. The smallest absolute Gasteiger partial charge is 0.286 e. The molecule has 28 heavy (non-hydrogen) atoms. The summed E-state index contributed by atoms with van der Waals surface area (Å²) in [7, 11) is 0. The summed E-state index contributed by atoms with van der Waals surface area (Å²) in [6.45, 7) is 1.70. The molecule has 0 atom stereocenters. The topological polar surface area (TPSA) is 91.7 Å². The van der Waals surface area contributed by atoms with Crippen LogP contribution in [-0.2, 0) is 4.79 Å². The number of nitrogens with one attached hydrogen (secondary N) is 2. The standard InChI is InChI=1S/C21H25N3O4/c25-19(9-4-12-22-21(27)18-8-5-15-28-18)24-13-10-17(11-14-24)23-20(26)16-6-2-1-3-7-16/h1-3,5-8,15,17H,4,9-14H2,(H,22,27)(H,23,26). The number of furan rings is 1. The van der Waals surface area contributed by atoms with Crippen LogP contribution in [0.3, 0.4) is 0 Å². The number of hydrogen-bond acceptors (Lipinski definition) is 4. The highest BCUT2D eigenvalue weighted by Gasteiger charge is 2.23. The maximum Gasteiger partial charge on any atom is 0.286 e. The van der Waals surface area contributed by atoms with Crippen molar-refractivity contribution in [3.63, 3.8) is 0 Å². The summed E-state index contributed by atoms with van der Waals surface area (Å²) in [5, 5.41) is 5.78. The second-order valence-corrected chi connectivity index (χ2v) is 6.83. The van der Waals surface area contributed by atoms with Gasteiger partial charge in [0.2, 0.25) is 5.91 Å². The van der Waals surface area contributed by atoms with E-state index >= 15 is 0 Å². The van der Waals surface area contributed by atoms with E-state index in [0.29, 0.717) is 38.0 Å². The molecule has 1 fully saturated rings. The molecule has 3 amide bonds. The molecule has 7 heteroatoms. The summed E-state index contributed by atoms with van der Waals surface area (Å²) in [6, 6.07) is 12.5. The molecule has 3 rings (SSSR count). The van der Waals surface area contributed by atoms with Crippen LogP contribution >= 0.6 is 0 Å². The van der Waals surface area contributed by atoms with Crippen LogP contribution in [0.5, 0.6) is 0 Å². The average molecular weight is 383 g/mol. The molecule has 0 aliphatic carbocycles. The van der Waals surface area contributed by atoms with Crippen LogP contribution in [0.2, 0.25) is 0 Å². The van der Waals surface area contributed by atoms with Crippen LogP contribution in [0.4, 0.5) is 0 Å². The van der Waals surface area contributed by atoms with Gasteiger partial charge in [-0.05, 0) is 43.5 Å². The lowest BCUT2D eigenvalue weighted by Gasteiger charge is -2.32. The van der Waals surface area contributed by atoms with Gasteiger partial charge in [-0.15, -0.1) is 0 Å². The lowest BCUT2D eigenvalue weighted by molar-refractivity contribution is -0.132. The molecule has 148 valence electrons. The summed E-state index contributed by atoms with van der Waals surface area (Å²) in [5.41, 5.74) is 0.651. The number of carbonyl (C=O) groups is 3. The highest BCUT2D eigenvalue weighted by atomic mass is 16.3. The van der Waals surface area contributed by atoms with Crippen molar-refractivity contribution in [3.05, 3.63) is 60.1 Å². The van der Waals surface area contributed by atoms with Gasteiger partial charge in [0.05, 0.1) is 6.26 Å². The minimum absolute atomic E-state index is 0.0716. The van der Waals surface area contributed by atoms with E-state index in [0.717, 1.165) is 12.8 Å². The minimum Gasteiger partial charge on any atom is -0.459 e. The Kier molecular flexibility index (Phi) is 6.84. The second-order valence-electron chi connectivity index (χ2n) is 6.83. The quantitative estimate of drug-likeness (QED) is 0.717. The molecule has 1 aromatic carbocycles. The van der Waals surface area contributed by atoms with E-state index in [1.807, 2.05) is 23.1 Å². The Balaban J connectivity index is 1.32. The maximum absolute atomic E-state index is 12.3. The van der Waals surface area contributed by atoms with Crippen molar-refractivity contribution in [1.29, 1.82) is 0 Å². The van der Waals surface area contributed by atoms with Gasteiger partial charge in [-0.3, -0.25) is 14.4 Å². The molecular formula is C21H25N3O4. The summed E-state index contributed by atoms with van der Waals surface area (Å²) in [5.74, 6) is 0.0103. The Bertz CT molecular complexity index is 781. The van der Waals surface area contributed by atoms with Crippen molar-refractivity contribution in [2.75, 3.05) is 19.6 Å². The fourth-order valence-electron chi connectivity index (χ4n) is 3.23. The molecule has 0 radical (unpaired) electrons. The van der Waals surface area contributed by atoms with E-state index in [2.05, 4.69) is 10.6 Å². The Morgan fingerprint density at radius 3 is 2.43 bits per heavy atom. The van der Waals surface area contributed by atoms with Crippen LogP contribution in [0.25, 0.3) is 0 Å². The van der Waals surface area contributed by atoms with Gasteiger partial charge in [0.1, 0.15) is 0 Å². The van der Waals surface area contributed by atoms with E-state index in [-0.39, 0.29) is 29.5 Å². The van der Waals surface area contributed by atoms with Crippen LogP contribution in [0, 0.1) is 0 Å². The number of hydrogen-bond donors (Lipinski definition) is 2. The molecule has 0 unspecified atom stereocenters. The first-order valence-electron chi connectivity index (χ1n) is 9.59. The van der Waals surface area contributed by atoms with E-state index in [1.165, 1.54) is 6.26 Å². The first-order valence-corrected chi connectivity index (χ1v) is 9.59. The average Bonchev–Trinajstić information content (AvgIpc) is 3.27. The number of carbonyl (C=O) groups excluding carboxylic acids is 3. The number of nitrogens with zero attached hydrogens (tertiary/aromatic N) is 1. The van der Waals surface area contributed by atoms with Crippen molar-refractivity contribution in [2.24, 2.45) is 0 Å². The van der Waals surface area contributed by atoms with Gasteiger partial charge >= 0.3 is 0 Å². The zero-order valence-electron chi connectivity index (χ0n) is 15.7. The predicted octanol–water partition coefficient (Wildman–Crippen LogP) is 2.21. The van der Waals surface area contributed by atoms with Gasteiger partial charge < -0.3 is 20.0 Å². The van der Waals surface area contributed by atoms with Gasteiger partial charge in [0, 0.05) is 37.7 Å². The SMILES string of the molecule is O=C(NC1CCN(C(=O)CCCNC(=O)c2ccco2)CC1)c1ccccc1. The van der Waals surface area contributed by atoms with Gasteiger partial charge in [0.15, 0.2) is 5.76 Å². The number of likely N-dealkylation sites (tertiary alicyclic amines) is 1. The lowest BCUT2D eigenvalue weighted by atomic mass is 10.0. The van der Waals surface area contributed by atoms with Gasteiger partial charge in [-0.2, -0.15) is 0 Å². The van der Waals surface area contributed by atoms with Crippen LogP contribution < -0.4 is 10.6 Å². The second kappa shape index (κ2) is 9.73. The minimum atomic E-state index is -0.271. The molecular weight excluding hydrogens is 358 g/mol. The normalized spacial score (nSPS) is 14.5. The zero-order valence-corrected chi connectivity index (χ0v) is 15.7. The third-order valence-corrected chi connectivity index (χ3v) is 4.82. The van der Waals surface area contributed by atoms with Crippen molar-refractivity contribution in [2.45, 2.75) is 31.7 Å². The Hall–Kier alpha value is -3.09. The molecule has 2 aromatic rings. The molecule has 1 aliphatic heterocycles. The molecule has 0 spiro atoms. The maximum atomic E-state index is 12.3.